The molecule has 0 aliphatic carbocycles. The summed E-state index contributed by atoms with van der Waals surface area (Å²) in [6.45, 7) is 6.23. The molecule has 0 spiro atoms. The molecule has 6 N–H and O–H groups in total. The zero-order chi connectivity index (χ0) is 11.7. The lowest BCUT2D eigenvalue weighted by atomic mass is 10.2. The van der Waals surface area contributed by atoms with Crippen molar-refractivity contribution in [1.29, 1.82) is 0 Å². The average Bonchev–Trinajstić information content (AvgIpc) is 2.09. The molecule has 0 saturated heterocycles. The van der Waals surface area contributed by atoms with Crippen molar-refractivity contribution in [2.75, 3.05) is 19.8 Å². The highest BCUT2D eigenvalue weighted by Gasteiger charge is 1.93. The van der Waals surface area contributed by atoms with Gasteiger partial charge in [-0.05, 0) is 12.3 Å². The van der Waals surface area contributed by atoms with Crippen LogP contribution in [-0.4, -0.2) is 31.7 Å². The van der Waals surface area contributed by atoms with Gasteiger partial charge in [-0.1, -0.05) is 13.8 Å². The summed E-state index contributed by atoms with van der Waals surface area (Å²) in [6, 6.07) is 0. The van der Waals surface area contributed by atoms with Gasteiger partial charge in [0.15, 0.2) is 5.96 Å². The zero-order valence-corrected chi connectivity index (χ0v) is 9.44. The van der Waals surface area contributed by atoms with E-state index in [1.54, 1.807) is 0 Å². The van der Waals surface area contributed by atoms with E-state index in [4.69, 9.17) is 21.9 Å². The Balaban J connectivity index is 3.49. The molecule has 0 aromatic rings. The van der Waals surface area contributed by atoms with E-state index in [-0.39, 0.29) is 11.9 Å². The van der Waals surface area contributed by atoms with Gasteiger partial charge in [-0.2, -0.15) is 4.99 Å². The molecular formula is C9H21N5O. The molecule has 0 rings (SSSR count). The zero-order valence-electron chi connectivity index (χ0n) is 9.44. The van der Waals surface area contributed by atoms with Crippen molar-refractivity contribution >= 4 is 11.9 Å². The standard InChI is InChI=1S/C9H21N5O/c1-7(2)6-15-5-3-4-13-9(12)14-8(10)11/h7H,3-6H2,1-2H3,(H6,10,11,12,13,14). The van der Waals surface area contributed by atoms with Gasteiger partial charge in [0.1, 0.15) is 0 Å². The molecular weight excluding hydrogens is 194 g/mol. The topological polar surface area (TPSA) is 112 Å². The van der Waals surface area contributed by atoms with Crippen LogP contribution in [0.4, 0.5) is 0 Å². The minimum atomic E-state index is -0.0766. The van der Waals surface area contributed by atoms with Crippen LogP contribution >= 0.6 is 0 Å². The lowest BCUT2D eigenvalue weighted by Gasteiger charge is -2.05. The Hall–Kier alpha value is -1.30. The smallest absolute Gasteiger partial charge is 0.218 e. The number of hydrogen-bond donors (Lipinski definition) is 3. The fourth-order valence-electron chi connectivity index (χ4n) is 0.847. The quantitative estimate of drug-likeness (QED) is 0.319. The van der Waals surface area contributed by atoms with Crippen LogP contribution in [0.25, 0.3) is 0 Å². The number of ether oxygens (including phenoxy) is 1. The first-order chi connectivity index (χ1) is 7.02. The Morgan fingerprint density at radius 2 is 1.93 bits per heavy atom. The average molecular weight is 215 g/mol. The summed E-state index contributed by atoms with van der Waals surface area (Å²) in [5.74, 6) is 0.589. The van der Waals surface area contributed by atoms with Crippen LogP contribution in [0.3, 0.4) is 0 Å². The molecule has 0 aliphatic rings. The van der Waals surface area contributed by atoms with E-state index < -0.39 is 0 Å². The van der Waals surface area contributed by atoms with Crippen molar-refractivity contribution in [2.45, 2.75) is 20.3 Å². The number of nitrogens with two attached hydrogens (primary N) is 3. The first-order valence-electron chi connectivity index (χ1n) is 4.99. The molecule has 0 unspecified atom stereocenters. The summed E-state index contributed by atoms with van der Waals surface area (Å²) < 4.78 is 5.36. The predicted octanol–water partition coefficient (Wildman–Crippen LogP) is -0.363. The number of nitrogens with zero attached hydrogens (tertiary/aromatic N) is 2. The van der Waals surface area contributed by atoms with E-state index in [1.807, 2.05) is 0 Å². The Morgan fingerprint density at radius 1 is 1.27 bits per heavy atom. The van der Waals surface area contributed by atoms with E-state index in [0.29, 0.717) is 19.1 Å². The molecule has 0 atom stereocenters. The molecule has 6 heteroatoms. The van der Waals surface area contributed by atoms with E-state index in [2.05, 4.69) is 23.8 Å². The predicted molar refractivity (Wildman–Crippen MR) is 62.6 cm³/mol. The van der Waals surface area contributed by atoms with E-state index >= 15 is 0 Å². The van der Waals surface area contributed by atoms with Crippen molar-refractivity contribution in [1.82, 2.24) is 0 Å². The highest BCUT2D eigenvalue weighted by Crippen LogP contribution is 1.93. The second-order valence-electron chi connectivity index (χ2n) is 3.60. The number of rotatable bonds is 6. The van der Waals surface area contributed by atoms with Gasteiger partial charge in [-0.15, -0.1) is 0 Å². The lowest BCUT2D eigenvalue weighted by Crippen LogP contribution is -2.26. The summed E-state index contributed by atoms with van der Waals surface area (Å²) in [4.78, 5) is 7.53. The molecule has 0 fully saturated rings. The normalized spacial score (nSPS) is 11.8. The minimum absolute atomic E-state index is 0.0766. The van der Waals surface area contributed by atoms with Crippen LogP contribution < -0.4 is 17.2 Å². The number of aliphatic imine (C=N–C) groups is 2. The maximum Gasteiger partial charge on any atom is 0.218 e. The van der Waals surface area contributed by atoms with Gasteiger partial charge in [-0.25, -0.2) is 0 Å². The van der Waals surface area contributed by atoms with Crippen molar-refractivity contribution in [3.63, 3.8) is 0 Å². The third kappa shape index (κ3) is 10.6. The van der Waals surface area contributed by atoms with Crippen LogP contribution in [0, 0.1) is 5.92 Å². The Morgan fingerprint density at radius 3 is 2.47 bits per heavy atom. The molecule has 6 nitrogen and oxygen atoms in total. The van der Waals surface area contributed by atoms with Crippen LogP contribution in [0.5, 0.6) is 0 Å². The van der Waals surface area contributed by atoms with Gasteiger partial charge < -0.3 is 21.9 Å². The lowest BCUT2D eigenvalue weighted by molar-refractivity contribution is 0.109. The molecule has 0 heterocycles. The fourth-order valence-corrected chi connectivity index (χ4v) is 0.847. The molecule has 88 valence electrons. The molecule has 0 bridgehead atoms. The Labute approximate surface area is 90.6 Å². The number of hydrogen-bond acceptors (Lipinski definition) is 2. The third-order valence-corrected chi connectivity index (χ3v) is 1.42. The second-order valence-corrected chi connectivity index (χ2v) is 3.60. The van der Waals surface area contributed by atoms with Crippen LogP contribution in [0.1, 0.15) is 20.3 Å². The molecule has 0 aliphatic heterocycles. The van der Waals surface area contributed by atoms with Crippen molar-refractivity contribution in [3.05, 3.63) is 0 Å². The van der Waals surface area contributed by atoms with Crippen LogP contribution in [0.15, 0.2) is 9.98 Å². The van der Waals surface area contributed by atoms with E-state index in [0.717, 1.165) is 13.0 Å². The molecule has 0 aromatic heterocycles. The fraction of sp³-hybridized carbons (Fsp3) is 0.778. The summed E-state index contributed by atoms with van der Waals surface area (Å²) >= 11 is 0. The minimum Gasteiger partial charge on any atom is -0.381 e. The van der Waals surface area contributed by atoms with Crippen molar-refractivity contribution in [3.8, 4) is 0 Å². The van der Waals surface area contributed by atoms with Crippen LogP contribution in [-0.2, 0) is 4.74 Å². The first kappa shape index (κ1) is 13.7. The monoisotopic (exact) mass is 215 g/mol. The van der Waals surface area contributed by atoms with E-state index in [9.17, 15) is 0 Å². The SMILES string of the molecule is CC(C)COCCCN=C(N)N=C(N)N. The summed E-state index contributed by atoms with van der Waals surface area (Å²) in [6.07, 6.45) is 0.813. The summed E-state index contributed by atoms with van der Waals surface area (Å²) in [7, 11) is 0. The number of guanidine groups is 2. The third-order valence-electron chi connectivity index (χ3n) is 1.42. The van der Waals surface area contributed by atoms with Gasteiger partial charge in [0.2, 0.25) is 5.96 Å². The largest absolute Gasteiger partial charge is 0.381 e. The summed E-state index contributed by atoms with van der Waals surface area (Å²) in [5.41, 5.74) is 15.6. The van der Waals surface area contributed by atoms with Gasteiger partial charge in [0.05, 0.1) is 0 Å². The van der Waals surface area contributed by atoms with Crippen LogP contribution in [0.2, 0.25) is 0 Å². The molecule has 0 saturated carbocycles. The highest BCUT2D eigenvalue weighted by atomic mass is 16.5. The van der Waals surface area contributed by atoms with Crippen molar-refractivity contribution < 1.29 is 4.74 Å². The Kier molecular flexibility index (Phi) is 7.35. The first-order valence-corrected chi connectivity index (χ1v) is 4.99. The Bertz CT molecular complexity index is 221. The van der Waals surface area contributed by atoms with Gasteiger partial charge in [0, 0.05) is 19.8 Å². The van der Waals surface area contributed by atoms with Crippen molar-refractivity contribution in [2.24, 2.45) is 33.1 Å². The maximum atomic E-state index is 5.40. The molecule has 0 amide bonds. The second kappa shape index (κ2) is 8.05. The van der Waals surface area contributed by atoms with Gasteiger partial charge in [0.25, 0.3) is 0 Å². The molecule has 15 heavy (non-hydrogen) atoms. The highest BCUT2D eigenvalue weighted by molar-refractivity contribution is 5.92. The van der Waals surface area contributed by atoms with Gasteiger partial charge >= 0.3 is 0 Å². The van der Waals surface area contributed by atoms with Gasteiger partial charge in [-0.3, -0.25) is 4.99 Å². The maximum absolute atomic E-state index is 5.40. The van der Waals surface area contributed by atoms with E-state index in [1.165, 1.54) is 0 Å². The summed E-state index contributed by atoms with van der Waals surface area (Å²) in [5, 5.41) is 0. The molecule has 0 aromatic carbocycles. The molecule has 0 radical (unpaired) electrons.